The first kappa shape index (κ1) is 16.5. The number of benzene rings is 1. The molecule has 9 heteroatoms. The van der Waals surface area contributed by atoms with E-state index in [-0.39, 0.29) is 33.5 Å². The van der Waals surface area contributed by atoms with Crippen molar-refractivity contribution in [3.8, 4) is 0 Å². The molecule has 21 heavy (non-hydrogen) atoms. The highest BCUT2D eigenvalue weighted by atomic mass is 35.5. The predicted molar refractivity (Wildman–Crippen MR) is 82.6 cm³/mol. The van der Waals surface area contributed by atoms with E-state index in [2.05, 4.69) is 4.72 Å². The lowest BCUT2D eigenvalue weighted by Gasteiger charge is -2.24. The molecular formula is C12H17ClN2O4S2. The van der Waals surface area contributed by atoms with Gasteiger partial charge in [-0.2, -0.15) is 0 Å². The molecule has 1 aromatic rings. The molecule has 1 heterocycles. The number of nitrogens with one attached hydrogen (secondary N) is 1. The first-order valence-corrected chi connectivity index (χ1v) is 9.92. The molecule has 1 aromatic carbocycles. The number of sulfonamides is 1. The van der Waals surface area contributed by atoms with E-state index in [0.717, 1.165) is 0 Å². The van der Waals surface area contributed by atoms with E-state index in [1.54, 1.807) is 13.8 Å². The zero-order chi connectivity index (χ0) is 16.1. The van der Waals surface area contributed by atoms with E-state index in [1.165, 1.54) is 12.1 Å². The van der Waals surface area contributed by atoms with Gasteiger partial charge in [0.15, 0.2) is 9.84 Å². The summed E-state index contributed by atoms with van der Waals surface area (Å²) in [4.78, 5) is 0.00919. The summed E-state index contributed by atoms with van der Waals surface area (Å²) in [5.41, 5.74) is 5.26. The molecule has 3 N–H and O–H groups in total. The van der Waals surface area contributed by atoms with Crippen LogP contribution in [-0.2, 0) is 19.9 Å². The second-order valence-corrected chi connectivity index (χ2v) is 9.89. The SMILES string of the molecule is Cc1cc(Cl)c(N)cc1S(=O)(=O)NC1(C)CCS(=O)(=O)C1. The van der Waals surface area contributed by atoms with Gasteiger partial charge in [-0.3, -0.25) is 0 Å². The molecule has 0 saturated carbocycles. The first-order valence-electron chi connectivity index (χ1n) is 6.24. The van der Waals surface area contributed by atoms with Crippen molar-refractivity contribution >= 4 is 37.1 Å². The van der Waals surface area contributed by atoms with Gasteiger partial charge in [0.25, 0.3) is 0 Å². The average Bonchev–Trinajstić information content (AvgIpc) is 2.56. The Kier molecular flexibility index (Phi) is 4.03. The quantitative estimate of drug-likeness (QED) is 0.792. The minimum atomic E-state index is -3.88. The van der Waals surface area contributed by atoms with Gasteiger partial charge in [0.1, 0.15) is 0 Å². The van der Waals surface area contributed by atoms with Crippen molar-refractivity contribution < 1.29 is 16.8 Å². The highest BCUT2D eigenvalue weighted by Crippen LogP contribution is 2.29. The summed E-state index contributed by atoms with van der Waals surface area (Å²) in [6.07, 6.45) is 0.247. The van der Waals surface area contributed by atoms with Crippen molar-refractivity contribution in [3.63, 3.8) is 0 Å². The van der Waals surface area contributed by atoms with E-state index >= 15 is 0 Å². The first-order chi connectivity index (χ1) is 9.44. The van der Waals surface area contributed by atoms with E-state index in [0.29, 0.717) is 5.56 Å². The van der Waals surface area contributed by atoms with Crippen molar-refractivity contribution in [1.82, 2.24) is 4.72 Å². The van der Waals surface area contributed by atoms with Crippen LogP contribution in [0, 0.1) is 6.92 Å². The number of hydrogen-bond donors (Lipinski definition) is 2. The molecule has 0 aromatic heterocycles. The van der Waals surface area contributed by atoms with Crippen LogP contribution in [0.25, 0.3) is 0 Å². The van der Waals surface area contributed by atoms with E-state index in [1.807, 2.05) is 0 Å². The Bertz CT molecular complexity index is 790. The lowest BCUT2D eigenvalue weighted by molar-refractivity contribution is 0.461. The van der Waals surface area contributed by atoms with Crippen molar-refractivity contribution in [2.75, 3.05) is 17.2 Å². The number of nitrogens with two attached hydrogens (primary N) is 1. The Labute approximate surface area is 129 Å². The zero-order valence-electron chi connectivity index (χ0n) is 11.7. The standard InChI is InChI=1S/C12H17ClN2O4S2/c1-8-5-9(13)10(14)6-11(8)21(18,19)15-12(2)3-4-20(16,17)7-12/h5-6,15H,3-4,7,14H2,1-2H3. The van der Waals surface area contributed by atoms with Gasteiger partial charge in [0, 0.05) is 5.54 Å². The van der Waals surface area contributed by atoms with Gasteiger partial charge in [-0.25, -0.2) is 21.6 Å². The highest BCUT2D eigenvalue weighted by Gasteiger charge is 2.41. The summed E-state index contributed by atoms with van der Waals surface area (Å²) in [7, 11) is -7.08. The van der Waals surface area contributed by atoms with Crippen molar-refractivity contribution in [1.29, 1.82) is 0 Å². The highest BCUT2D eigenvalue weighted by molar-refractivity contribution is 7.92. The number of hydrogen-bond acceptors (Lipinski definition) is 5. The summed E-state index contributed by atoms with van der Waals surface area (Å²) in [5.74, 6) is -0.227. The fraction of sp³-hybridized carbons (Fsp3) is 0.500. The van der Waals surface area contributed by atoms with Crippen LogP contribution in [0.1, 0.15) is 18.9 Å². The lowest BCUT2D eigenvalue weighted by atomic mass is 10.0. The largest absolute Gasteiger partial charge is 0.397 e. The van der Waals surface area contributed by atoms with Gasteiger partial charge >= 0.3 is 0 Å². The van der Waals surface area contributed by atoms with Gasteiger partial charge in [0.2, 0.25) is 10.0 Å². The van der Waals surface area contributed by atoms with E-state index in [4.69, 9.17) is 17.3 Å². The number of sulfone groups is 1. The molecule has 0 bridgehead atoms. The van der Waals surface area contributed by atoms with Crippen molar-refractivity contribution in [2.24, 2.45) is 0 Å². The Balaban J connectivity index is 2.38. The Morgan fingerprint density at radius 1 is 1.38 bits per heavy atom. The second-order valence-electron chi connectivity index (χ2n) is 5.65. The molecule has 6 nitrogen and oxygen atoms in total. The molecule has 0 spiro atoms. The number of aryl methyl sites for hydroxylation is 1. The summed E-state index contributed by atoms with van der Waals surface area (Å²) in [6, 6.07) is 2.76. The lowest BCUT2D eigenvalue weighted by Crippen LogP contribution is -2.46. The Morgan fingerprint density at radius 2 is 2.00 bits per heavy atom. The topological polar surface area (TPSA) is 106 Å². The van der Waals surface area contributed by atoms with Gasteiger partial charge in [-0.05, 0) is 38.0 Å². The molecule has 0 radical (unpaired) electrons. The third kappa shape index (κ3) is 3.50. The fourth-order valence-corrected chi connectivity index (χ4v) is 6.53. The van der Waals surface area contributed by atoms with Crippen LogP contribution in [0.3, 0.4) is 0 Å². The molecule has 1 saturated heterocycles. The third-order valence-electron chi connectivity index (χ3n) is 3.47. The molecule has 0 amide bonds. The van der Waals surface area contributed by atoms with Crippen molar-refractivity contribution in [2.45, 2.75) is 30.7 Å². The molecule has 118 valence electrons. The van der Waals surface area contributed by atoms with Crippen LogP contribution < -0.4 is 10.5 Å². The molecule has 1 aliphatic heterocycles. The number of anilines is 1. The molecular weight excluding hydrogens is 336 g/mol. The van der Waals surface area contributed by atoms with Crippen LogP contribution in [0.15, 0.2) is 17.0 Å². The normalized spacial score (nSPS) is 25.1. The number of nitrogen functional groups attached to an aromatic ring is 1. The van der Waals surface area contributed by atoms with Crippen LogP contribution in [-0.4, -0.2) is 33.9 Å². The maximum Gasteiger partial charge on any atom is 0.241 e. The summed E-state index contributed by atoms with van der Waals surface area (Å²) < 4.78 is 50.6. The molecule has 0 aliphatic carbocycles. The Hall–Kier alpha value is -0.830. The second kappa shape index (κ2) is 5.12. The summed E-state index contributed by atoms with van der Waals surface area (Å²) in [5, 5.41) is 0.279. The fourth-order valence-electron chi connectivity index (χ4n) is 2.43. The zero-order valence-corrected chi connectivity index (χ0v) is 14.1. The smallest absolute Gasteiger partial charge is 0.241 e. The van der Waals surface area contributed by atoms with Crippen LogP contribution in [0.5, 0.6) is 0 Å². The minimum absolute atomic E-state index is 0.00919. The summed E-state index contributed by atoms with van der Waals surface area (Å²) >= 11 is 5.85. The predicted octanol–water partition coefficient (Wildman–Crippen LogP) is 1.09. The molecule has 1 fully saturated rings. The molecule has 1 unspecified atom stereocenters. The van der Waals surface area contributed by atoms with E-state index < -0.39 is 25.4 Å². The van der Waals surface area contributed by atoms with Crippen LogP contribution >= 0.6 is 11.6 Å². The maximum atomic E-state index is 12.5. The van der Waals surface area contributed by atoms with Crippen molar-refractivity contribution in [3.05, 3.63) is 22.7 Å². The average molecular weight is 353 g/mol. The van der Waals surface area contributed by atoms with Gasteiger partial charge in [0.05, 0.1) is 27.1 Å². The van der Waals surface area contributed by atoms with Gasteiger partial charge in [-0.15, -0.1) is 0 Å². The number of rotatable bonds is 3. The molecule has 1 aliphatic rings. The maximum absolute atomic E-state index is 12.5. The van der Waals surface area contributed by atoms with Gasteiger partial charge in [-0.1, -0.05) is 11.6 Å². The molecule has 2 rings (SSSR count). The number of halogens is 1. The Morgan fingerprint density at radius 3 is 2.52 bits per heavy atom. The van der Waals surface area contributed by atoms with E-state index in [9.17, 15) is 16.8 Å². The molecule has 1 atom stereocenters. The van der Waals surface area contributed by atoms with Crippen LogP contribution in [0.2, 0.25) is 5.02 Å². The van der Waals surface area contributed by atoms with Crippen LogP contribution in [0.4, 0.5) is 5.69 Å². The third-order valence-corrected chi connectivity index (χ3v) is 7.48. The summed E-state index contributed by atoms with van der Waals surface area (Å²) in [6.45, 7) is 3.19. The van der Waals surface area contributed by atoms with Gasteiger partial charge < -0.3 is 5.73 Å². The minimum Gasteiger partial charge on any atom is -0.397 e. The monoisotopic (exact) mass is 352 g/mol.